The van der Waals surface area contributed by atoms with E-state index in [1.165, 1.54) is 10.4 Å². The van der Waals surface area contributed by atoms with Crippen molar-refractivity contribution in [1.29, 1.82) is 0 Å². The van der Waals surface area contributed by atoms with E-state index >= 15 is 0 Å². The monoisotopic (exact) mass is 196 g/mol. The van der Waals surface area contributed by atoms with Crippen LogP contribution in [0.3, 0.4) is 0 Å². The second-order valence-corrected chi connectivity index (χ2v) is 5.11. The van der Waals surface area contributed by atoms with Crippen molar-refractivity contribution in [1.82, 2.24) is 0 Å². The number of hydrogen-bond acceptors (Lipinski definition) is 2. The van der Waals surface area contributed by atoms with E-state index in [1.807, 2.05) is 0 Å². The smallest absolute Gasteiger partial charge is 0.130 e. The fourth-order valence-corrected chi connectivity index (χ4v) is 2.82. The van der Waals surface area contributed by atoms with Crippen molar-refractivity contribution in [2.24, 2.45) is 0 Å². The van der Waals surface area contributed by atoms with Gasteiger partial charge in [-0.3, -0.25) is 4.79 Å². The number of Topliss-reactive ketones (excluding diaryl/α,β-unsaturated/α-hetero) is 1. The first-order valence-electron chi connectivity index (χ1n) is 4.47. The zero-order chi connectivity index (χ0) is 10.1. The van der Waals surface area contributed by atoms with Crippen LogP contribution in [0.15, 0.2) is 11.4 Å². The van der Waals surface area contributed by atoms with Crippen LogP contribution in [0.4, 0.5) is 0 Å². The van der Waals surface area contributed by atoms with Crippen molar-refractivity contribution in [3.63, 3.8) is 0 Å². The van der Waals surface area contributed by atoms with Crippen molar-refractivity contribution < 1.29 is 4.79 Å². The largest absolute Gasteiger partial charge is 0.300 e. The number of thiophene rings is 1. The summed E-state index contributed by atoms with van der Waals surface area (Å²) in [5, 5.41) is 2.09. The average Bonchev–Trinajstić information content (AvgIpc) is 2.32. The van der Waals surface area contributed by atoms with E-state index in [0.29, 0.717) is 6.42 Å². The van der Waals surface area contributed by atoms with Crippen LogP contribution in [0.5, 0.6) is 0 Å². The third kappa shape index (κ3) is 2.41. The Morgan fingerprint density at radius 2 is 2.15 bits per heavy atom. The Morgan fingerprint density at radius 1 is 1.54 bits per heavy atom. The summed E-state index contributed by atoms with van der Waals surface area (Å²) in [7, 11) is 0. The number of carbonyl (C=O) groups is 1. The number of carbonyl (C=O) groups excluding carboxylic acids is 1. The van der Waals surface area contributed by atoms with Crippen LogP contribution in [0.25, 0.3) is 0 Å². The molecule has 0 aliphatic carbocycles. The highest BCUT2D eigenvalue weighted by molar-refractivity contribution is 7.10. The maximum Gasteiger partial charge on any atom is 0.130 e. The van der Waals surface area contributed by atoms with Gasteiger partial charge in [0.1, 0.15) is 5.78 Å². The molecule has 0 unspecified atom stereocenters. The van der Waals surface area contributed by atoms with Gasteiger partial charge in [-0.05, 0) is 30.9 Å². The third-order valence-corrected chi connectivity index (χ3v) is 3.55. The summed E-state index contributed by atoms with van der Waals surface area (Å²) in [4.78, 5) is 12.4. The molecular formula is C11H16OS. The molecule has 1 heterocycles. The lowest BCUT2D eigenvalue weighted by Crippen LogP contribution is -2.20. The third-order valence-electron chi connectivity index (χ3n) is 2.17. The predicted octanol–water partition coefficient (Wildman–Crippen LogP) is 3.31. The zero-order valence-electron chi connectivity index (χ0n) is 8.68. The quantitative estimate of drug-likeness (QED) is 0.725. The SMILES string of the molecule is CC(=O)CC(C)(C)c1sccc1C. The molecule has 1 aromatic rings. The van der Waals surface area contributed by atoms with Crippen LogP contribution < -0.4 is 0 Å². The molecule has 0 aliphatic rings. The van der Waals surface area contributed by atoms with E-state index in [2.05, 4.69) is 32.2 Å². The second-order valence-electron chi connectivity index (χ2n) is 4.20. The number of ketones is 1. The molecular weight excluding hydrogens is 180 g/mol. The van der Waals surface area contributed by atoms with Gasteiger partial charge in [0.25, 0.3) is 0 Å². The molecule has 13 heavy (non-hydrogen) atoms. The molecule has 0 radical (unpaired) electrons. The Kier molecular flexibility index (Phi) is 2.91. The first-order valence-corrected chi connectivity index (χ1v) is 5.35. The first-order chi connectivity index (χ1) is 5.93. The lowest BCUT2D eigenvalue weighted by molar-refractivity contribution is -0.117. The van der Waals surface area contributed by atoms with Gasteiger partial charge in [-0.1, -0.05) is 13.8 Å². The van der Waals surface area contributed by atoms with Crippen molar-refractivity contribution in [2.45, 2.75) is 39.5 Å². The molecule has 72 valence electrons. The van der Waals surface area contributed by atoms with Gasteiger partial charge in [0.15, 0.2) is 0 Å². The van der Waals surface area contributed by atoms with Crippen molar-refractivity contribution >= 4 is 17.1 Å². The molecule has 1 rings (SSSR count). The Balaban J connectivity index is 2.93. The standard InChI is InChI=1S/C11H16OS/c1-8-5-6-13-10(8)11(3,4)7-9(2)12/h5-6H,7H2,1-4H3. The van der Waals surface area contributed by atoms with Gasteiger partial charge >= 0.3 is 0 Å². The highest BCUT2D eigenvalue weighted by Crippen LogP contribution is 2.33. The topological polar surface area (TPSA) is 17.1 Å². The molecule has 2 heteroatoms. The summed E-state index contributed by atoms with van der Waals surface area (Å²) >= 11 is 1.75. The number of aryl methyl sites for hydroxylation is 1. The van der Waals surface area contributed by atoms with Crippen LogP contribution in [0.2, 0.25) is 0 Å². The van der Waals surface area contributed by atoms with Gasteiger partial charge in [0.05, 0.1) is 0 Å². The molecule has 0 spiro atoms. The molecule has 0 saturated carbocycles. The molecule has 0 saturated heterocycles. The summed E-state index contributed by atoms with van der Waals surface area (Å²) in [6.07, 6.45) is 0.633. The Morgan fingerprint density at radius 3 is 2.54 bits per heavy atom. The van der Waals surface area contributed by atoms with Crippen LogP contribution >= 0.6 is 11.3 Å². The van der Waals surface area contributed by atoms with Gasteiger partial charge in [0.2, 0.25) is 0 Å². The molecule has 0 aliphatic heterocycles. The fourth-order valence-electron chi connectivity index (χ4n) is 1.77. The minimum atomic E-state index is 0.00405. The predicted molar refractivity (Wildman–Crippen MR) is 57.4 cm³/mol. The van der Waals surface area contributed by atoms with Gasteiger partial charge in [-0.25, -0.2) is 0 Å². The average molecular weight is 196 g/mol. The van der Waals surface area contributed by atoms with Crippen molar-refractivity contribution in [3.8, 4) is 0 Å². The van der Waals surface area contributed by atoms with E-state index < -0.39 is 0 Å². The summed E-state index contributed by atoms with van der Waals surface area (Å²) in [6.45, 7) is 8.03. The molecule has 1 aromatic heterocycles. The maximum absolute atomic E-state index is 11.1. The van der Waals surface area contributed by atoms with E-state index in [0.717, 1.165) is 0 Å². The van der Waals surface area contributed by atoms with Gasteiger partial charge < -0.3 is 0 Å². The maximum atomic E-state index is 11.1. The fraction of sp³-hybridized carbons (Fsp3) is 0.545. The lowest BCUT2D eigenvalue weighted by atomic mass is 9.84. The van der Waals surface area contributed by atoms with Gasteiger partial charge in [-0.15, -0.1) is 11.3 Å². The highest BCUT2D eigenvalue weighted by atomic mass is 32.1. The van der Waals surface area contributed by atoms with Gasteiger partial charge in [0, 0.05) is 16.7 Å². The van der Waals surface area contributed by atoms with Crippen molar-refractivity contribution in [2.75, 3.05) is 0 Å². The second kappa shape index (κ2) is 3.62. The molecule has 0 atom stereocenters. The minimum Gasteiger partial charge on any atom is -0.300 e. The Hall–Kier alpha value is -0.630. The summed E-state index contributed by atoms with van der Waals surface area (Å²) in [5.41, 5.74) is 1.31. The lowest BCUT2D eigenvalue weighted by Gasteiger charge is -2.22. The Labute approximate surface area is 83.8 Å². The number of rotatable bonds is 3. The molecule has 0 bridgehead atoms. The van der Waals surface area contributed by atoms with E-state index in [1.54, 1.807) is 18.3 Å². The number of hydrogen-bond donors (Lipinski definition) is 0. The van der Waals surface area contributed by atoms with Crippen LogP contribution in [0.1, 0.15) is 37.6 Å². The molecule has 1 nitrogen and oxygen atoms in total. The van der Waals surface area contributed by atoms with Crippen LogP contribution in [-0.4, -0.2) is 5.78 Å². The van der Waals surface area contributed by atoms with Crippen LogP contribution in [0, 0.1) is 6.92 Å². The molecule has 0 aromatic carbocycles. The minimum absolute atomic E-state index is 0.00405. The van der Waals surface area contributed by atoms with Crippen LogP contribution in [-0.2, 0) is 10.2 Å². The summed E-state index contributed by atoms with van der Waals surface area (Å²) in [6, 6.07) is 2.11. The molecule has 0 N–H and O–H groups in total. The normalized spacial score (nSPS) is 11.7. The van der Waals surface area contributed by atoms with Gasteiger partial charge in [-0.2, -0.15) is 0 Å². The summed E-state index contributed by atoms with van der Waals surface area (Å²) in [5.74, 6) is 0.262. The zero-order valence-corrected chi connectivity index (χ0v) is 9.49. The molecule has 0 amide bonds. The van der Waals surface area contributed by atoms with E-state index in [4.69, 9.17) is 0 Å². The first kappa shape index (κ1) is 10.5. The van der Waals surface area contributed by atoms with Crippen molar-refractivity contribution in [3.05, 3.63) is 21.9 Å². The highest BCUT2D eigenvalue weighted by Gasteiger charge is 2.25. The van der Waals surface area contributed by atoms with E-state index in [9.17, 15) is 4.79 Å². The summed E-state index contributed by atoms with van der Waals surface area (Å²) < 4.78 is 0. The molecule has 0 fully saturated rings. The van der Waals surface area contributed by atoms with E-state index in [-0.39, 0.29) is 11.2 Å². The Bertz CT molecular complexity index is 310.